The molecule has 3 aromatic carbocycles. The Kier molecular flexibility index (Phi) is 6.01. The molecule has 0 fully saturated rings. The van der Waals surface area contributed by atoms with E-state index in [2.05, 4.69) is 4.98 Å². The third-order valence-corrected chi connectivity index (χ3v) is 5.33. The Morgan fingerprint density at radius 2 is 1.66 bits per heavy atom. The van der Waals surface area contributed by atoms with Gasteiger partial charge in [-0.2, -0.15) is 0 Å². The number of carbonyl (C=O) groups excluding carboxylic acids is 1. The Morgan fingerprint density at radius 1 is 0.938 bits per heavy atom. The SMILES string of the molecule is CC(C)(Oc1ccc(Cl)cc1)C(=O)Oc1cccc(Cc2c[nH]c(=O)c3ccccc23)c1. The lowest BCUT2D eigenvalue weighted by Gasteiger charge is -2.24. The summed E-state index contributed by atoms with van der Waals surface area (Å²) < 4.78 is 11.4. The molecule has 1 N–H and O–H groups in total. The minimum Gasteiger partial charge on any atom is -0.476 e. The van der Waals surface area contributed by atoms with Crippen LogP contribution in [0.15, 0.2) is 83.8 Å². The largest absolute Gasteiger partial charge is 0.476 e. The highest BCUT2D eigenvalue weighted by atomic mass is 35.5. The van der Waals surface area contributed by atoms with E-state index < -0.39 is 11.6 Å². The number of esters is 1. The molecule has 0 aliphatic carbocycles. The molecule has 0 amide bonds. The van der Waals surface area contributed by atoms with Gasteiger partial charge in [0.15, 0.2) is 0 Å². The number of aromatic nitrogens is 1. The lowest BCUT2D eigenvalue weighted by atomic mass is 10.0. The number of hydrogen-bond acceptors (Lipinski definition) is 4. The molecule has 6 heteroatoms. The average Bonchev–Trinajstić information content (AvgIpc) is 2.78. The highest BCUT2D eigenvalue weighted by Crippen LogP contribution is 2.24. The molecule has 162 valence electrons. The second kappa shape index (κ2) is 8.89. The van der Waals surface area contributed by atoms with Crippen LogP contribution in [0.4, 0.5) is 0 Å². The van der Waals surface area contributed by atoms with Crippen LogP contribution in [0.3, 0.4) is 0 Å². The summed E-state index contributed by atoms with van der Waals surface area (Å²) in [5, 5.41) is 2.13. The van der Waals surface area contributed by atoms with Crippen LogP contribution in [0.5, 0.6) is 11.5 Å². The molecule has 0 aliphatic rings. The van der Waals surface area contributed by atoms with Crippen LogP contribution in [0, 0.1) is 0 Å². The van der Waals surface area contributed by atoms with Gasteiger partial charge in [-0.3, -0.25) is 4.79 Å². The predicted molar refractivity (Wildman–Crippen MR) is 126 cm³/mol. The summed E-state index contributed by atoms with van der Waals surface area (Å²) in [6, 6.07) is 21.6. The first kappa shape index (κ1) is 21.7. The van der Waals surface area contributed by atoms with Crippen molar-refractivity contribution in [1.82, 2.24) is 4.98 Å². The second-order valence-corrected chi connectivity index (χ2v) is 8.41. The van der Waals surface area contributed by atoms with Crippen molar-refractivity contribution in [2.24, 2.45) is 0 Å². The second-order valence-electron chi connectivity index (χ2n) is 7.97. The van der Waals surface area contributed by atoms with Crippen LogP contribution >= 0.6 is 11.6 Å². The number of halogens is 1. The van der Waals surface area contributed by atoms with Crippen LogP contribution in [-0.2, 0) is 11.2 Å². The molecule has 0 spiro atoms. The van der Waals surface area contributed by atoms with E-state index in [1.54, 1.807) is 56.4 Å². The molecule has 1 heterocycles. The standard InChI is InChI=1S/C26H22ClNO4/c1-26(2,32-20-12-10-19(27)11-13-20)25(30)31-21-7-5-6-17(15-21)14-18-16-28-24(29)23-9-4-3-8-22(18)23/h3-13,15-16H,14H2,1-2H3,(H,28,29). The number of H-pyrrole nitrogens is 1. The van der Waals surface area contributed by atoms with E-state index in [4.69, 9.17) is 21.1 Å². The van der Waals surface area contributed by atoms with Crippen molar-refractivity contribution in [2.45, 2.75) is 25.9 Å². The number of aromatic amines is 1. The zero-order valence-corrected chi connectivity index (χ0v) is 18.5. The Hall–Kier alpha value is -3.57. The molecule has 0 saturated carbocycles. The average molecular weight is 448 g/mol. The summed E-state index contributed by atoms with van der Waals surface area (Å²) in [6.45, 7) is 3.31. The summed E-state index contributed by atoms with van der Waals surface area (Å²) in [4.78, 5) is 27.6. The van der Waals surface area contributed by atoms with Gasteiger partial charge in [-0.1, -0.05) is 41.9 Å². The lowest BCUT2D eigenvalue weighted by Crippen LogP contribution is -2.41. The number of ether oxygens (including phenoxy) is 2. The monoisotopic (exact) mass is 447 g/mol. The zero-order chi connectivity index (χ0) is 22.7. The molecule has 0 radical (unpaired) electrons. The number of nitrogens with one attached hydrogen (secondary N) is 1. The Bertz CT molecular complexity index is 1330. The summed E-state index contributed by atoms with van der Waals surface area (Å²) in [5.41, 5.74) is 0.618. The highest BCUT2D eigenvalue weighted by molar-refractivity contribution is 6.30. The van der Waals surface area contributed by atoms with Crippen molar-refractivity contribution in [1.29, 1.82) is 0 Å². The number of rotatable bonds is 6. The van der Waals surface area contributed by atoms with Gasteiger partial charge in [0.1, 0.15) is 11.5 Å². The van der Waals surface area contributed by atoms with E-state index in [0.29, 0.717) is 28.3 Å². The van der Waals surface area contributed by atoms with Crippen LogP contribution < -0.4 is 15.0 Å². The minimum absolute atomic E-state index is 0.116. The molecular weight excluding hydrogens is 426 g/mol. The predicted octanol–water partition coefficient (Wildman–Crippen LogP) is 5.54. The van der Waals surface area contributed by atoms with Crippen molar-refractivity contribution in [3.8, 4) is 11.5 Å². The molecule has 5 nitrogen and oxygen atoms in total. The molecule has 4 aromatic rings. The van der Waals surface area contributed by atoms with Crippen molar-refractivity contribution in [3.05, 3.63) is 105 Å². The Labute approximate surface area is 190 Å². The maximum atomic E-state index is 12.8. The van der Waals surface area contributed by atoms with Crippen LogP contribution in [0.2, 0.25) is 5.02 Å². The van der Waals surface area contributed by atoms with Gasteiger partial charge in [0.05, 0.1) is 0 Å². The van der Waals surface area contributed by atoms with Crippen LogP contribution in [-0.4, -0.2) is 16.6 Å². The van der Waals surface area contributed by atoms with E-state index in [-0.39, 0.29) is 5.56 Å². The number of fused-ring (bicyclic) bond motifs is 1. The fourth-order valence-electron chi connectivity index (χ4n) is 3.42. The van der Waals surface area contributed by atoms with Crippen molar-refractivity contribution >= 4 is 28.3 Å². The molecule has 1 aromatic heterocycles. The summed E-state index contributed by atoms with van der Waals surface area (Å²) >= 11 is 5.90. The number of hydrogen-bond donors (Lipinski definition) is 1. The molecule has 0 unspecified atom stereocenters. The molecule has 0 aliphatic heterocycles. The first-order chi connectivity index (χ1) is 15.3. The van der Waals surface area contributed by atoms with Gasteiger partial charge >= 0.3 is 5.97 Å². The molecule has 0 bridgehead atoms. The van der Waals surface area contributed by atoms with Gasteiger partial charge in [-0.25, -0.2) is 4.79 Å². The summed E-state index contributed by atoms with van der Waals surface area (Å²) in [5.74, 6) is 0.433. The first-order valence-corrected chi connectivity index (χ1v) is 10.5. The molecule has 32 heavy (non-hydrogen) atoms. The smallest absolute Gasteiger partial charge is 0.355 e. The Morgan fingerprint density at radius 3 is 2.41 bits per heavy atom. The zero-order valence-electron chi connectivity index (χ0n) is 17.7. The molecule has 0 saturated heterocycles. The molecule has 4 rings (SSSR count). The quantitative estimate of drug-likeness (QED) is 0.311. The third kappa shape index (κ3) is 4.84. The summed E-state index contributed by atoms with van der Waals surface area (Å²) in [7, 11) is 0. The van der Waals surface area contributed by atoms with Crippen LogP contribution in [0.1, 0.15) is 25.0 Å². The van der Waals surface area contributed by atoms with Crippen LogP contribution in [0.25, 0.3) is 10.8 Å². The van der Waals surface area contributed by atoms with Gasteiger partial charge in [-0.05, 0) is 79.2 Å². The van der Waals surface area contributed by atoms with Crippen molar-refractivity contribution in [2.75, 3.05) is 0 Å². The topological polar surface area (TPSA) is 68.4 Å². The van der Waals surface area contributed by atoms with Crippen molar-refractivity contribution in [3.63, 3.8) is 0 Å². The van der Waals surface area contributed by atoms with Crippen molar-refractivity contribution < 1.29 is 14.3 Å². The maximum absolute atomic E-state index is 12.8. The number of carbonyl (C=O) groups is 1. The number of pyridine rings is 1. The highest BCUT2D eigenvalue weighted by Gasteiger charge is 2.32. The third-order valence-electron chi connectivity index (χ3n) is 5.08. The van der Waals surface area contributed by atoms with E-state index in [9.17, 15) is 9.59 Å². The Balaban J connectivity index is 1.51. The van der Waals surface area contributed by atoms with Gasteiger partial charge in [0.2, 0.25) is 5.60 Å². The van der Waals surface area contributed by atoms with E-state index in [1.807, 2.05) is 36.4 Å². The lowest BCUT2D eigenvalue weighted by molar-refractivity contribution is -0.149. The van der Waals surface area contributed by atoms with Gasteiger partial charge in [-0.15, -0.1) is 0 Å². The number of benzene rings is 3. The minimum atomic E-state index is -1.20. The molecule has 0 atom stereocenters. The fourth-order valence-corrected chi connectivity index (χ4v) is 3.55. The fraction of sp³-hybridized carbons (Fsp3) is 0.154. The van der Waals surface area contributed by atoms with E-state index in [1.165, 1.54) is 0 Å². The first-order valence-electron chi connectivity index (χ1n) is 10.2. The van der Waals surface area contributed by atoms with Gasteiger partial charge in [0, 0.05) is 16.6 Å². The normalized spacial score (nSPS) is 11.3. The maximum Gasteiger partial charge on any atom is 0.355 e. The van der Waals surface area contributed by atoms with E-state index >= 15 is 0 Å². The molecular formula is C26H22ClNO4. The van der Waals surface area contributed by atoms with E-state index in [0.717, 1.165) is 16.5 Å². The van der Waals surface area contributed by atoms with Gasteiger partial charge < -0.3 is 14.5 Å². The summed E-state index contributed by atoms with van der Waals surface area (Å²) in [6.07, 6.45) is 2.31. The van der Waals surface area contributed by atoms with Gasteiger partial charge in [0.25, 0.3) is 5.56 Å².